The Kier molecular flexibility index (Phi) is 3.31. The van der Waals surface area contributed by atoms with Gasteiger partial charge in [0.2, 0.25) is 5.91 Å². The Balaban J connectivity index is 3.07. The molecule has 1 N–H and O–H groups in total. The molecule has 0 aliphatic carbocycles. The fourth-order valence-electron chi connectivity index (χ4n) is 1.51. The van der Waals surface area contributed by atoms with Crippen LogP contribution < -0.4 is 5.32 Å². The first kappa shape index (κ1) is 11.2. The summed E-state index contributed by atoms with van der Waals surface area (Å²) in [5.74, 6) is -0.526. The summed E-state index contributed by atoms with van der Waals surface area (Å²) in [5, 5.41) is 3.04. The summed E-state index contributed by atoms with van der Waals surface area (Å²) in [7, 11) is 0. The molecule has 0 fully saturated rings. The molecule has 1 heterocycles. The van der Waals surface area contributed by atoms with Gasteiger partial charge in [-0.3, -0.25) is 9.59 Å². The lowest BCUT2D eigenvalue weighted by molar-refractivity contribution is -0.142. The van der Waals surface area contributed by atoms with Gasteiger partial charge in [-0.2, -0.15) is 4.99 Å². The summed E-state index contributed by atoms with van der Waals surface area (Å²) in [6.45, 7) is 3.67. The molecule has 0 atom stereocenters. The molecule has 0 unspecified atom stereocenters. The predicted octanol–water partition coefficient (Wildman–Crippen LogP) is 1.17. The monoisotopic (exact) mass is 214 g/mol. The van der Waals surface area contributed by atoms with E-state index in [0.29, 0.717) is 18.0 Å². The zero-order valence-electron chi connectivity index (χ0n) is 8.59. The molecule has 0 aromatic heterocycles. The number of hydrogen-bond acceptors (Lipinski definition) is 3. The molecule has 14 heavy (non-hydrogen) atoms. The summed E-state index contributed by atoms with van der Waals surface area (Å²) in [6.07, 6.45) is 2.77. The first-order chi connectivity index (χ1) is 6.60. The maximum Gasteiger partial charge on any atom is 0.263 e. The van der Waals surface area contributed by atoms with Gasteiger partial charge in [0.15, 0.2) is 5.17 Å². The van der Waals surface area contributed by atoms with Gasteiger partial charge in [-0.1, -0.05) is 25.6 Å². The summed E-state index contributed by atoms with van der Waals surface area (Å²) < 4.78 is 0. The van der Waals surface area contributed by atoms with Crippen molar-refractivity contribution in [3.05, 3.63) is 0 Å². The van der Waals surface area contributed by atoms with Gasteiger partial charge < -0.3 is 5.32 Å². The second-order valence-corrected chi connectivity index (χ2v) is 3.96. The Hall–Kier alpha value is -0.840. The SMILES string of the molecule is CCC1(CC)C(=O)N=C(SC)NC1=O. The summed E-state index contributed by atoms with van der Waals surface area (Å²) in [5.41, 5.74) is -0.931. The van der Waals surface area contributed by atoms with Gasteiger partial charge in [0, 0.05) is 0 Å². The average Bonchev–Trinajstić information content (AvgIpc) is 2.18. The first-order valence-corrected chi connectivity index (χ1v) is 5.81. The van der Waals surface area contributed by atoms with Crippen LogP contribution in [0.15, 0.2) is 4.99 Å². The van der Waals surface area contributed by atoms with E-state index in [1.54, 1.807) is 6.26 Å². The van der Waals surface area contributed by atoms with Crippen LogP contribution in [0, 0.1) is 5.41 Å². The van der Waals surface area contributed by atoms with Gasteiger partial charge in [0.05, 0.1) is 0 Å². The number of rotatable bonds is 2. The van der Waals surface area contributed by atoms with Crippen LogP contribution in [0.25, 0.3) is 0 Å². The van der Waals surface area contributed by atoms with E-state index >= 15 is 0 Å². The van der Waals surface area contributed by atoms with Crippen LogP contribution in [0.3, 0.4) is 0 Å². The van der Waals surface area contributed by atoms with E-state index in [0.717, 1.165) is 0 Å². The van der Waals surface area contributed by atoms with Crippen LogP contribution in [0.4, 0.5) is 0 Å². The third-order valence-electron chi connectivity index (χ3n) is 2.67. The molecule has 0 bridgehead atoms. The minimum Gasteiger partial charge on any atom is -0.304 e. The number of nitrogens with zero attached hydrogens (tertiary/aromatic N) is 1. The molecule has 1 aliphatic heterocycles. The van der Waals surface area contributed by atoms with Crippen molar-refractivity contribution >= 4 is 28.7 Å². The lowest BCUT2D eigenvalue weighted by Gasteiger charge is -2.30. The van der Waals surface area contributed by atoms with E-state index in [1.165, 1.54) is 11.8 Å². The number of amides is 2. The third-order valence-corrected chi connectivity index (χ3v) is 3.25. The van der Waals surface area contributed by atoms with Crippen molar-refractivity contribution in [2.75, 3.05) is 6.26 Å². The van der Waals surface area contributed by atoms with Crippen molar-refractivity contribution in [3.8, 4) is 0 Å². The Morgan fingerprint density at radius 3 is 2.29 bits per heavy atom. The molecule has 0 saturated carbocycles. The lowest BCUT2D eigenvalue weighted by atomic mass is 9.80. The maximum atomic E-state index is 11.7. The summed E-state index contributed by atoms with van der Waals surface area (Å²) >= 11 is 1.27. The number of nitrogens with one attached hydrogen (secondary N) is 1. The van der Waals surface area contributed by atoms with Crippen LogP contribution in [0.1, 0.15) is 26.7 Å². The Morgan fingerprint density at radius 1 is 1.36 bits per heavy atom. The van der Waals surface area contributed by atoms with Gasteiger partial charge in [0.1, 0.15) is 5.41 Å². The largest absolute Gasteiger partial charge is 0.304 e. The van der Waals surface area contributed by atoms with E-state index in [2.05, 4.69) is 10.3 Å². The van der Waals surface area contributed by atoms with Gasteiger partial charge in [-0.15, -0.1) is 0 Å². The molecule has 78 valence electrons. The van der Waals surface area contributed by atoms with Crippen LogP contribution >= 0.6 is 11.8 Å². The summed E-state index contributed by atoms with van der Waals surface area (Å²) in [6, 6.07) is 0. The Morgan fingerprint density at radius 2 is 1.93 bits per heavy atom. The molecule has 1 aliphatic rings. The molecule has 0 spiro atoms. The minimum absolute atomic E-state index is 0.216. The quantitative estimate of drug-likeness (QED) is 0.702. The molecule has 0 aromatic rings. The zero-order valence-corrected chi connectivity index (χ0v) is 9.40. The molecule has 0 aromatic carbocycles. The van der Waals surface area contributed by atoms with E-state index in [4.69, 9.17) is 0 Å². The van der Waals surface area contributed by atoms with E-state index in [1.807, 2.05) is 13.8 Å². The summed E-state index contributed by atoms with van der Waals surface area (Å²) in [4.78, 5) is 27.3. The van der Waals surface area contributed by atoms with Gasteiger partial charge in [0.25, 0.3) is 5.91 Å². The number of carbonyl (C=O) groups excluding carboxylic acids is 2. The van der Waals surface area contributed by atoms with E-state index in [-0.39, 0.29) is 11.8 Å². The molecule has 4 nitrogen and oxygen atoms in total. The van der Waals surface area contributed by atoms with Crippen molar-refractivity contribution in [1.82, 2.24) is 5.32 Å². The molecule has 0 saturated heterocycles. The molecule has 1 rings (SSSR count). The highest BCUT2D eigenvalue weighted by molar-refractivity contribution is 8.13. The molecule has 0 radical (unpaired) electrons. The topological polar surface area (TPSA) is 58.5 Å². The van der Waals surface area contributed by atoms with Crippen molar-refractivity contribution < 1.29 is 9.59 Å². The Bertz CT molecular complexity index is 295. The fraction of sp³-hybridized carbons (Fsp3) is 0.667. The number of carbonyl (C=O) groups is 2. The molecule has 5 heteroatoms. The number of hydrogen-bond donors (Lipinski definition) is 1. The number of amidine groups is 1. The van der Waals surface area contributed by atoms with Crippen molar-refractivity contribution in [2.24, 2.45) is 10.4 Å². The number of aliphatic imine (C=N–C) groups is 1. The van der Waals surface area contributed by atoms with Crippen LogP contribution in [0.5, 0.6) is 0 Å². The van der Waals surface area contributed by atoms with Crippen molar-refractivity contribution in [1.29, 1.82) is 0 Å². The molecule has 2 amide bonds. The standard InChI is InChI=1S/C9H14N2O2S/c1-4-9(5-2)6(12)10-8(14-3)11-7(9)13/h4-5H2,1-3H3,(H,10,11,12,13). The average molecular weight is 214 g/mol. The number of thioether (sulfide) groups is 1. The first-order valence-electron chi connectivity index (χ1n) is 4.59. The van der Waals surface area contributed by atoms with Crippen LogP contribution in [0.2, 0.25) is 0 Å². The zero-order chi connectivity index (χ0) is 10.8. The highest BCUT2D eigenvalue weighted by Gasteiger charge is 2.45. The van der Waals surface area contributed by atoms with Gasteiger partial charge in [-0.25, -0.2) is 0 Å². The smallest absolute Gasteiger partial charge is 0.263 e. The lowest BCUT2D eigenvalue weighted by Crippen LogP contribution is -2.51. The second kappa shape index (κ2) is 4.13. The maximum absolute atomic E-state index is 11.7. The highest BCUT2D eigenvalue weighted by Crippen LogP contribution is 2.31. The van der Waals surface area contributed by atoms with Gasteiger partial charge in [-0.05, 0) is 19.1 Å². The molecular formula is C9H14N2O2S. The normalized spacial score (nSPS) is 20.4. The molecular weight excluding hydrogens is 200 g/mol. The van der Waals surface area contributed by atoms with Crippen LogP contribution in [-0.2, 0) is 9.59 Å². The minimum atomic E-state index is -0.931. The van der Waals surface area contributed by atoms with Crippen LogP contribution in [-0.4, -0.2) is 23.2 Å². The fourth-order valence-corrected chi connectivity index (χ4v) is 1.88. The van der Waals surface area contributed by atoms with Gasteiger partial charge >= 0.3 is 0 Å². The van der Waals surface area contributed by atoms with Crippen molar-refractivity contribution in [3.63, 3.8) is 0 Å². The second-order valence-electron chi connectivity index (χ2n) is 3.17. The van der Waals surface area contributed by atoms with E-state index < -0.39 is 5.41 Å². The third kappa shape index (κ3) is 1.56. The van der Waals surface area contributed by atoms with Crippen molar-refractivity contribution in [2.45, 2.75) is 26.7 Å². The van der Waals surface area contributed by atoms with E-state index in [9.17, 15) is 9.59 Å². The highest BCUT2D eigenvalue weighted by atomic mass is 32.2. The predicted molar refractivity (Wildman–Crippen MR) is 57.1 cm³/mol. The Labute approximate surface area is 87.5 Å².